The predicted octanol–water partition coefficient (Wildman–Crippen LogP) is 3.93. The normalized spacial score (nSPS) is 19.3. The van der Waals surface area contributed by atoms with Crippen LogP contribution in [0.25, 0.3) is 11.0 Å². The highest BCUT2D eigenvalue weighted by Crippen LogP contribution is 2.30. The van der Waals surface area contributed by atoms with Crippen molar-refractivity contribution in [2.24, 2.45) is 0 Å². The number of sulfonamides is 1. The van der Waals surface area contributed by atoms with Gasteiger partial charge < -0.3 is 9.88 Å². The minimum atomic E-state index is -3.64. The number of nitrogens with zero attached hydrogens (tertiary/aromatic N) is 3. The molecule has 0 radical (unpaired) electrons. The van der Waals surface area contributed by atoms with Gasteiger partial charge in [0, 0.05) is 36.2 Å². The monoisotopic (exact) mass is 482 g/mol. The molecule has 4 rings (SSSR count). The molecule has 0 saturated carbocycles. The summed E-state index contributed by atoms with van der Waals surface area (Å²) in [5.41, 5.74) is 1.35. The van der Waals surface area contributed by atoms with Gasteiger partial charge in [0.15, 0.2) is 0 Å². The maximum absolute atomic E-state index is 13.2. The van der Waals surface area contributed by atoms with Crippen molar-refractivity contribution in [2.75, 3.05) is 5.32 Å². The molecule has 0 aliphatic carbocycles. The van der Waals surface area contributed by atoms with Crippen molar-refractivity contribution < 1.29 is 13.2 Å². The molecule has 2 aromatic heterocycles. The largest absolute Gasteiger partial charge is 0.332 e. The van der Waals surface area contributed by atoms with Crippen molar-refractivity contribution in [1.29, 1.82) is 0 Å². The fraction of sp³-hybridized carbons (Fsp3) is 0.400. The first-order chi connectivity index (χ1) is 16.1. The number of hydrogen-bond acceptors (Lipinski definition) is 5. The maximum Gasteiger partial charge on any atom is 0.261 e. The van der Waals surface area contributed by atoms with Crippen molar-refractivity contribution >= 4 is 32.7 Å². The number of nitrogens with one attached hydrogen (secondary N) is 1. The van der Waals surface area contributed by atoms with Gasteiger partial charge in [-0.3, -0.25) is 9.59 Å². The van der Waals surface area contributed by atoms with Gasteiger partial charge in [-0.05, 0) is 76.9 Å². The van der Waals surface area contributed by atoms with E-state index < -0.39 is 21.4 Å². The van der Waals surface area contributed by atoms with Gasteiger partial charge in [-0.2, -0.15) is 4.31 Å². The Labute approximate surface area is 199 Å². The molecule has 1 amide bonds. The summed E-state index contributed by atoms with van der Waals surface area (Å²) in [6.45, 7) is 8.18. The minimum Gasteiger partial charge on any atom is -0.332 e. The van der Waals surface area contributed by atoms with Crippen LogP contribution in [-0.2, 0) is 16.6 Å². The molecule has 1 saturated heterocycles. The molecule has 2 atom stereocenters. The molecular formula is C25H30N4O4S. The Morgan fingerprint density at radius 1 is 1.09 bits per heavy atom. The van der Waals surface area contributed by atoms with Gasteiger partial charge in [-0.25, -0.2) is 13.4 Å². The zero-order valence-electron chi connectivity index (χ0n) is 19.9. The highest BCUT2D eigenvalue weighted by atomic mass is 32.2. The first kappa shape index (κ1) is 24.1. The van der Waals surface area contributed by atoms with E-state index in [9.17, 15) is 18.0 Å². The highest BCUT2D eigenvalue weighted by molar-refractivity contribution is 7.89. The summed E-state index contributed by atoms with van der Waals surface area (Å²) < 4.78 is 29.8. The lowest BCUT2D eigenvalue weighted by Gasteiger charge is -2.37. The SMILES string of the molecule is CCn1cc(C(=O)Nc2ccc(S(=O)(=O)N3C(C)CCCC3C)cc2)c(=O)c2ccc(C)nc21. The van der Waals surface area contributed by atoms with E-state index in [1.54, 1.807) is 33.1 Å². The summed E-state index contributed by atoms with van der Waals surface area (Å²) >= 11 is 0. The molecule has 8 nitrogen and oxygen atoms in total. The first-order valence-electron chi connectivity index (χ1n) is 11.6. The van der Waals surface area contributed by atoms with Gasteiger partial charge in [-0.15, -0.1) is 0 Å². The van der Waals surface area contributed by atoms with Crippen LogP contribution < -0.4 is 10.7 Å². The standard InChI is InChI=1S/C25H30N4O4S/c1-5-28-15-22(23(30)21-14-9-16(2)26-24(21)28)25(31)27-19-10-12-20(13-11-19)34(32,33)29-17(3)7-6-8-18(29)4/h9-15,17-18H,5-8H2,1-4H3,(H,27,31). The van der Waals surface area contributed by atoms with Gasteiger partial charge in [0.2, 0.25) is 15.5 Å². The number of fused-ring (bicyclic) bond motifs is 1. The molecule has 1 N–H and O–H groups in total. The average Bonchev–Trinajstić information content (AvgIpc) is 2.79. The number of hydrogen-bond donors (Lipinski definition) is 1. The highest BCUT2D eigenvalue weighted by Gasteiger charge is 2.35. The summed E-state index contributed by atoms with van der Waals surface area (Å²) in [6, 6.07) is 9.41. The number of carbonyl (C=O) groups excluding carboxylic acids is 1. The van der Waals surface area contributed by atoms with E-state index in [4.69, 9.17) is 0 Å². The number of rotatable bonds is 5. The molecule has 3 heterocycles. The van der Waals surface area contributed by atoms with Crippen molar-refractivity contribution in [2.45, 2.75) is 70.5 Å². The van der Waals surface area contributed by atoms with Crippen molar-refractivity contribution in [3.05, 3.63) is 64.1 Å². The number of aryl methyl sites for hydroxylation is 2. The van der Waals surface area contributed by atoms with Gasteiger partial charge in [0.05, 0.1) is 10.3 Å². The van der Waals surface area contributed by atoms with E-state index in [1.165, 1.54) is 18.3 Å². The van der Waals surface area contributed by atoms with Crippen molar-refractivity contribution in [3.63, 3.8) is 0 Å². The third-order valence-electron chi connectivity index (χ3n) is 6.45. The molecule has 0 spiro atoms. The molecule has 9 heteroatoms. The van der Waals surface area contributed by atoms with E-state index in [-0.39, 0.29) is 22.5 Å². The van der Waals surface area contributed by atoms with Gasteiger partial charge in [0.1, 0.15) is 11.2 Å². The van der Waals surface area contributed by atoms with Crippen LogP contribution in [0.1, 0.15) is 56.1 Å². The summed E-state index contributed by atoms with van der Waals surface area (Å²) in [7, 11) is -3.64. The zero-order valence-corrected chi connectivity index (χ0v) is 20.7. The maximum atomic E-state index is 13.2. The first-order valence-corrected chi connectivity index (χ1v) is 13.0. The Morgan fingerprint density at radius 3 is 2.35 bits per heavy atom. The Balaban J connectivity index is 1.60. The van der Waals surface area contributed by atoms with Gasteiger partial charge >= 0.3 is 0 Å². The zero-order chi connectivity index (χ0) is 24.6. The average molecular weight is 483 g/mol. The molecule has 2 unspecified atom stereocenters. The van der Waals surface area contributed by atoms with Crippen LogP contribution in [0.5, 0.6) is 0 Å². The lowest BCUT2D eigenvalue weighted by atomic mass is 10.0. The number of piperidine rings is 1. The molecule has 34 heavy (non-hydrogen) atoms. The van der Waals surface area contributed by atoms with Crippen molar-refractivity contribution in [3.8, 4) is 0 Å². The van der Waals surface area contributed by atoms with Crippen LogP contribution >= 0.6 is 0 Å². The third-order valence-corrected chi connectivity index (χ3v) is 8.59. The van der Waals surface area contributed by atoms with E-state index in [2.05, 4.69) is 10.3 Å². The number of carbonyl (C=O) groups is 1. The summed E-state index contributed by atoms with van der Waals surface area (Å²) in [5.74, 6) is -0.552. The van der Waals surface area contributed by atoms with E-state index in [0.717, 1.165) is 25.0 Å². The second-order valence-corrected chi connectivity index (χ2v) is 10.8. The van der Waals surface area contributed by atoms with Gasteiger partial charge in [0.25, 0.3) is 5.91 Å². The van der Waals surface area contributed by atoms with E-state index in [0.29, 0.717) is 23.3 Å². The fourth-order valence-electron chi connectivity index (χ4n) is 4.66. The summed E-state index contributed by atoms with van der Waals surface area (Å²) in [6.07, 6.45) is 4.22. The number of aromatic nitrogens is 2. The molecule has 0 bridgehead atoms. The van der Waals surface area contributed by atoms with Crippen LogP contribution in [0.3, 0.4) is 0 Å². The van der Waals surface area contributed by atoms with Crippen LogP contribution in [-0.4, -0.2) is 40.3 Å². The molecule has 180 valence electrons. The molecule has 1 aliphatic heterocycles. The Kier molecular flexibility index (Phi) is 6.60. The molecule has 1 aromatic carbocycles. The van der Waals surface area contributed by atoms with E-state index >= 15 is 0 Å². The Hall–Kier alpha value is -3.04. The number of pyridine rings is 2. The fourth-order valence-corrected chi connectivity index (χ4v) is 6.55. The second kappa shape index (κ2) is 9.31. The van der Waals surface area contributed by atoms with Gasteiger partial charge in [-0.1, -0.05) is 6.42 Å². The topological polar surface area (TPSA) is 101 Å². The molecule has 1 aliphatic rings. The number of amides is 1. The quantitative estimate of drug-likeness (QED) is 0.594. The Bertz CT molecular complexity index is 1390. The van der Waals surface area contributed by atoms with Crippen LogP contribution in [0.4, 0.5) is 5.69 Å². The number of benzene rings is 1. The van der Waals surface area contributed by atoms with Crippen LogP contribution in [0.2, 0.25) is 0 Å². The predicted molar refractivity (Wildman–Crippen MR) is 133 cm³/mol. The lowest BCUT2D eigenvalue weighted by Crippen LogP contribution is -2.47. The molecule has 1 fully saturated rings. The molecular weight excluding hydrogens is 452 g/mol. The van der Waals surface area contributed by atoms with Crippen LogP contribution in [0.15, 0.2) is 52.3 Å². The second-order valence-electron chi connectivity index (χ2n) is 8.92. The smallest absolute Gasteiger partial charge is 0.261 e. The lowest BCUT2D eigenvalue weighted by molar-refractivity contribution is 0.102. The summed E-state index contributed by atoms with van der Waals surface area (Å²) in [5, 5.41) is 3.10. The third kappa shape index (κ3) is 4.37. The number of anilines is 1. The minimum absolute atomic E-state index is 0.00710. The Morgan fingerprint density at radius 2 is 1.74 bits per heavy atom. The van der Waals surface area contributed by atoms with E-state index in [1.807, 2.05) is 27.7 Å². The van der Waals surface area contributed by atoms with Crippen LogP contribution in [0, 0.1) is 6.92 Å². The molecule has 3 aromatic rings. The van der Waals surface area contributed by atoms with Crippen molar-refractivity contribution in [1.82, 2.24) is 13.9 Å². The summed E-state index contributed by atoms with van der Waals surface area (Å²) in [4.78, 5) is 30.6.